The predicted molar refractivity (Wildman–Crippen MR) is 74.5 cm³/mol. The molecule has 0 saturated carbocycles. The Morgan fingerprint density at radius 2 is 1.06 bits per heavy atom. The van der Waals surface area contributed by atoms with Gasteiger partial charge in [0.25, 0.3) is 0 Å². The van der Waals surface area contributed by atoms with E-state index in [1.807, 2.05) is 0 Å². The first-order valence-corrected chi connectivity index (χ1v) is 6.00. The molecule has 4 heteroatoms. The van der Waals surface area contributed by atoms with E-state index in [-0.39, 0.29) is 35.3 Å². The summed E-state index contributed by atoms with van der Waals surface area (Å²) in [5.41, 5.74) is 2.73. The van der Waals surface area contributed by atoms with Crippen LogP contribution in [0.1, 0.15) is 11.1 Å². The van der Waals surface area contributed by atoms with Crippen molar-refractivity contribution in [1.29, 1.82) is 0 Å². The van der Waals surface area contributed by atoms with Gasteiger partial charge in [-0.3, -0.25) is 0 Å². The summed E-state index contributed by atoms with van der Waals surface area (Å²) in [6.07, 6.45) is 0. The molecular formula is C14H18ClCoNP. The fourth-order valence-electron chi connectivity index (χ4n) is 1.51. The van der Waals surface area contributed by atoms with Gasteiger partial charge in [0.05, 0.1) is 0 Å². The number of benzene rings is 2. The Balaban J connectivity index is 0. The Hall–Kier alpha value is -0.374. The maximum atomic E-state index is 2.20. The molecule has 0 aliphatic rings. The minimum Gasteiger partial charge on any atom is -1.00 e. The van der Waals surface area contributed by atoms with Crippen LogP contribution in [0.5, 0.6) is 0 Å². The number of halogens is 1. The number of aryl methyl sites for hydroxylation is 2. The molecule has 2 radical (unpaired) electrons. The number of hydrogen-bond acceptors (Lipinski definition) is 0. The van der Waals surface area contributed by atoms with Gasteiger partial charge in [0.1, 0.15) is 0 Å². The summed E-state index contributed by atoms with van der Waals surface area (Å²) in [6.45, 7) is 4.33. The van der Waals surface area contributed by atoms with Crippen molar-refractivity contribution in [1.82, 2.24) is 6.15 Å². The molecule has 1 nitrogen and oxygen atoms in total. The zero-order chi connectivity index (χ0) is 10.7. The van der Waals surface area contributed by atoms with Gasteiger partial charge in [-0.25, -0.2) is 0 Å². The molecular weight excluding hydrogens is 308 g/mol. The largest absolute Gasteiger partial charge is 1.00 e. The average Bonchev–Trinajstić information content (AvgIpc) is 2.24. The first-order chi connectivity index (χ1) is 7.27. The zero-order valence-electron chi connectivity index (χ0n) is 10.8. The van der Waals surface area contributed by atoms with Crippen LogP contribution in [0, 0.1) is 13.8 Å². The van der Waals surface area contributed by atoms with Gasteiger partial charge in [0.15, 0.2) is 0 Å². The van der Waals surface area contributed by atoms with Crippen LogP contribution in [0.25, 0.3) is 0 Å². The summed E-state index contributed by atoms with van der Waals surface area (Å²) in [7, 11) is 1.31. The van der Waals surface area contributed by atoms with Crippen molar-refractivity contribution in [2.45, 2.75) is 13.8 Å². The number of hydrogen-bond donors (Lipinski definition) is 1. The molecule has 0 aliphatic heterocycles. The van der Waals surface area contributed by atoms with E-state index in [0.717, 1.165) is 0 Å². The summed E-state index contributed by atoms with van der Waals surface area (Å²) < 4.78 is 0. The second-order valence-corrected chi connectivity index (χ2v) is 4.87. The van der Waals surface area contributed by atoms with Crippen molar-refractivity contribution in [3.05, 3.63) is 59.7 Å². The second kappa shape index (κ2) is 9.54. The molecule has 18 heavy (non-hydrogen) atoms. The third kappa shape index (κ3) is 5.09. The molecule has 0 aromatic heterocycles. The Labute approximate surface area is 128 Å². The van der Waals surface area contributed by atoms with Crippen molar-refractivity contribution in [2.24, 2.45) is 0 Å². The fraction of sp³-hybridized carbons (Fsp3) is 0.143. The molecule has 0 aliphatic carbocycles. The Kier molecular flexibility index (Phi) is 10.6. The number of rotatable bonds is 2. The van der Waals surface area contributed by atoms with Crippen LogP contribution in [0.15, 0.2) is 48.5 Å². The minimum atomic E-state index is 0. The molecule has 2 aromatic rings. The second-order valence-electron chi connectivity index (χ2n) is 3.68. The van der Waals surface area contributed by atoms with E-state index in [2.05, 4.69) is 62.4 Å². The SMILES string of the molecule is Cc1ccccc1[P]c1ccccc1C.[Cl-].[Co].[NH4+]. The molecule has 0 atom stereocenters. The summed E-state index contributed by atoms with van der Waals surface area (Å²) in [5, 5.41) is 2.79. The van der Waals surface area contributed by atoms with Gasteiger partial charge < -0.3 is 18.6 Å². The maximum Gasteiger partial charge on any atom is 0 e. The molecule has 0 amide bonds. The maximum absolute atomic E-state index is 2.20. The van der Waals surface area contributed by atoms with E-state index >= 15 is 0 Å². The van der Waals surface area contributed by atoms with E-state index in [9.17, 15) is 0 Å². The van der Waals surface area contributed by atoms with Crippen LogP contribution in [0.4, 0.5) is 0 Å². The molecule has 2 rings (SSSR count). The molecule has 100 valence electrons. The van der Waals surface area contributed by atoms with Crippen molar-refractivity contribution in [3.63, 3.8) is 0 Å². The molecule has 0 heterocycles. The van der Waals surface area contributed by atoms with Crippen LogP contribution in [0.3, 0.4) is 0 Å². The Morgan fingerprint density at radius 3 is 1.39 bits per heavy atom. The summed E-state index contributed by atoms with van der Waals surface area (Å²) >= 11 is 0. The van der Waals surface area contributed by atoms with Crippen LogP contribution in [0.2, 0.25) is 0 Å². The van der Waals surface area contributed by atoms with E-state index in [1.165, 1.54) is 30.3 Å². The monoisotopic (exact) mass is 325 g/mol. The molecule has 2 aromatic carbocycles. The minimum absolute atomic E-state index is 0. The normalized spacial score (nSPS) is 8.56. The average molecular weight is 326 g/mol. The van der Waals surface area contributed by atoms with E-state index in [1.54, 1.807) is 0 Å². The van der Waals surface area contributed by atoms with Gasteiger partial charge in [-0.2, -0.15) is 0 Å². The quantitative estimate of drug-likeness (QED) is 0.784. The smallest absolute Gasteiger partial charge is 0 e. The topological polar surface area (TPSA) is 36.5 Å². The first kappa shape index (κ1) is 20.0. The van der Waals surface area contributed by atoms with Gasteiger partial charge in [-0.1, -0.05) is 48.5 Å². The summed E-state index contributed by atoms with van der Waals surface area (Å²) in [5.74, 6) is 0. The fourth-order valence-corrected chi connectivity index (χ4v) is 2.59. The molecule has 4 N–H and O–H groups in total. The van der Waals surface area contributed by atoms with Gasteiger partial charge in [-0.15, -0.1) is 0 Å². The van der Waals surface area contributed by atoms with E-state index in [4.69, 9.17) is 0 Å². The zero-order valence-corrected chi connectivity index (χ0v) is 13.5. The third-order valence-corrected chi connectivity index (χ3v) is 3.96. The van der Waals surface area contributed by atoms with Crippen molar-refractivity contribution < 1.29 is 29.2 Å². The summed E-state index contributed by atoms with van der Waals surface area (Å²) in [4.78, 5) is 0. The molecule has 0 saturated heterocycles. The van der Waals surface area contributed by atoms with Crippen molar-refractivity contribution in [2.75, 3.05) is 0 Å². The van der Waals surface area contributed by atoms with Crippen LogP contribution >= 0.6 is 8.58 Å². The van der Waals surface area contributed by atoms with Gasteiger partial charge in [0, 0.05) is 16.8 Å². The van der Waals surface area contributed by atoms with Gasteiger partial charge >= 0.3 is 0 Å². The number of quaternary nitrogens is 1. The molecule has 0 unspecified atom stereocenters. The molecule has 0 spiro atoms. The summed E-state index contributed by atoms with van der Waals surface area (Å²) in [6, 6.07) is 17.1. The van der Waals surface area contributed by atoms with Crippen molar-refractivity contribution in [3.8, 4) is 0 Å². The van der Waals surface area contributed by atoms with Crippen LogP contribution < -0.4 is 29.2 Å². The van der Waals surface area contributed by atoms with Crippen LogP contribution in [-0.4, -0.2) is 0 Å². The third-order valence-electron chi connectivity index (χ3n) is 2.47. The standard InChI is InChI=1S/C14H14P.ClH.Co.H3N/c1-11-7-3-5-9-13(11)15-14-10-6-4-8-12(14)2;;;/h3-10H,1-2H3;1H;;1H3. The van der Waals surface area contributed by atoms with E-state index < -0.39 is 0 Å². The molecule has 0 bridgehead atoms. The predicted octanol–water partition coefficient (Wildman–Crippen LogP) is 0.578. The van der Waals surface area contributed by atoms with Gasteiger partial charge in [-0.05, 0) is 44.2 Å². The van der Waals surface area contributed by atoms with E-state index in [0.29, 0.717) is 0 Å². The van der Waals surface area contributed by atoms with Gasteiger partial charge in [0.2, 0.25) is 0 Å². The van der Waals surface area contributed by atoms with Crippen LogP contribution in [-0.2, 0) is 16.8 Å². The first-order valence-electron chi connectivity index (χ1n) is 5.10. The Bertz CT molecular complexity index is 433. The Morgan fingerprint density at radius 1 is 0.722 bits per heavy atom. The van der Waals surface area contributed by atoms with Crippen molar-refractivity contribution >= 4 is 19.2 Å². The molecule has 0 fully saturated rings.